The maximum Gasteiger partial charge on any atom is 0.319 e. The number of hydrogen-bond donors (Lipinski definition) is 2. The second kappa shape index (κ2) is 11.0. The summed E-state index contributed by atoms with van der Waals surface area (Å²) in [6.45, 7) is 7.71. The van der Waals surface area contributed by atoms with Crippen LogP contribution in [0.5, 0.6) is 0 Å². The largest absolute Gasteiger partial charge is 0.381 e. The Morgan fingerprint density at radius 3 is 2.50 bits per heavy atom. The molecule has 2 atom stereocenters. The fourth-order valence-corrected chi connectivity index (χ4v) is 4.89. The number of benzene rings is 1. The summed E-state index contributed by atoms with van der Waals surface area (Å²) in [6.07, 6.45) is 6.07. The molecule has 1 aromatic rings. The molecular formula is C23H36N4O3. The van der Waals surface area contributed by atoms with E-state index in [9.17, 15) is 4.79 Å². The maximum absolute atomic E-state index is 12.8. The molecule has 0 saturated carbocycles. The molecule has 0 aromatic heterocycles. The number of para-hydroxylation sites is 2. The van der Waals surface area contributed by atoms with Crippen LogP contribution in [0.1, 0.15) is 32.1 Å². The van der Waals surface area contributed by atoms with Crippen molar-refractivity contribution in [3.63, 3.8) is 0 Å². The smallest absolute Gasteiger partial charge is 0.319 e. The summed E-state index contributed by atoms with van der Waals surface area (Å²) in [5.41, 5.74) is 2.02. The van der Waals surface area contributed by atoms with Gasteiger partial charge in [0.05, 0.1) is 31.2 Å². The van der Waals surface area contributed by atoms with E-state index in [-0.39, 0.29) is 6.03 Å². The standard InChI is InChI=1S/C23H36N4O3/c28-23(24-17-22(19-9-14-30-18-19)27-12-15-29-16-13-27)25-20-7-3-4-8-21(20)26-10-5-1-2-6-11-26/h3-4,7-8,19,22H,1-2,5-6,9-18H2,(H2,24,25,28)/t19-,22-/m0/s1. The Hall–Kier alpha value is -1.83. The van der Waals surface area contributed by atoms with E-state index in [0.717, 1.165) is 70.4 Å². The minimum atomic E-state index is -0.130. The Bertz CT molecular complexity index is 666. The number of ether oxygens (including phenoxy) is 2. The van der Waals surface area contributed by atoms with Crippen LogP contribution in [0.4, 0.5) is 16.2 Å². The first kappa shape index (κ1) is 21.4. The topological polar surface area (TPSA) is 66.1 Å². The number of hydrogen-bond acceptors (Lipinski definition) is 5. The molecule has 1 aromatic carbocycles. The Labute approximate surface area is 180 Å². The predicted octanol–water partition coefficient (Wildman–Crippen LogP) is 2.93. The first-order chi connectivity index (χ1) is 14.8. The van der Waals surface area contributed by atoms with Crippen LogP contribution in [0, 0.1) is 5.92 Å². The van der Waals surface area contributed by atoms with E-state index in [4.69, 9.17) is 9.47 Å². The van der Waals surface area contributed by atoms with Crippen LogP contribution in [0.3, 0.4) is 0 Å². The summed E-state index contributed by atoms with van der Waals surface area (Å²) in [6, 6.07) is 8.33. The fourth-order valence-electron chi connectivity index (χ4n) is 4.89. The summed E-state index contributed by atoms with van der Waals surface area (Å²) in [7, 11) is 0. The summed E-state index contributed by atoms with van der Waals surface area (Å²) < 4.78 is 11.2. The van der Waals surface area contributed by atoms with Crippen molar-refractivity contribution in [3.8, 4) is 0 Å². The van der Waals surface area contributed by atoms with Crippen molar-refractivity contribution in [2.75, 3.05) is 69.4 Å². The van der Waals surface area contributed by atoms with E-state index < -0.39 is 0 Å². The van der Waals surface area contributed by atoms with E-state index >= 15 is 0 Å². The van der Waals surface area contributed by atoms with Gasteiger partial charge in [0.25, 0.3) is 0 Å². The number of amides is 2. The molecule has 2 N–H and O–H groups in total. The summed E-state index contributed by atoms with van der Waals surface area (Å²) in [5, 5.41) is 6.25. The highest BCUT2D eigenvalue weighted by Crippen LogP contribution is 2.28. The molecule has 4 rings (SSSR count). The van der Waals surface area contributed by atoms with Gasteiger partial charge in [0.2, 0.25) is 0 Å². The molecule has 30 heavy (non-hydrogen) atoms. The van der Waals surface area contributed by atoms with Crippen LogP contribution >= 0.6 is 0 Å². The molecule has 2 amide bonds. The van der Waals surface area contributed by atoms with Gasteiger partial charge in [0.15, 0.2) is 0 Å². The lowest BCUT2D eigenvalue weighted by atomic mass is 9.97. The van der Waals surface area contributed by atoms with Gasteiger partial charge in [-0.2, -0.15) is 0 Å². The molecule has 0 bridgehead atoms. The van der Waals surface area contributed by atoms with Gasteiger partial charge in [-0.25, -0.2) is 4.79 Å². The lowest BCUT2D eigenvalue weighted by Gasteiger charge is -2.37. The molecule has 0 aliphatic carbocycles. The van der Waals surface area contributed by atoms with Crippen LogP contribution in [-0.4, -0.2) is 76.1 Å². The summed E-state index contributed by atoms with van der Waals surface area (Å²) in [5.74, 6) is 0.466. The third-order valence-corrected chi connectivity index (χ3v) is 6.59. The molecule has 3 fully saturated rings. The Kier molecular flexibility index (Phi) is 7.83. The normalized spacial score (nSPS) is 24.3. The molecule has 0 spiro atoms. The number of carbonyl (C=O) groups excluding carboxylic acids is 1. The van der Waals surface area contributed by atoms with Crippen molar-refractivity contribution >= 4 is 17.4 Å². The van der Waals surface area contributed by atoms with E-state index in [1.165, 1.54) is 25.7 Å². The highest BCUT2D eigenvalue weighted by molar-refractivity contribution is 5.93. The summed E-state index contributed by atoms with van der Waals surface area (Å²) in [4.78, 5) is 17.7. The van der Waals surface area contributed by atoms with Gasteiger partial charge in [0, 0.05) is 51.3 Å². The van der Waals surface area contributed by atoms with Gasteiger partial charge in [-0.05, 0) is 31.4 Å². The van der Waals surface area contributed by atoms with Gasteiger partial charge in [-0.1, -0.05) is 25.0 Å². The molecule has 0 unspecified atom stereocenters. The van der Waals surface area contributed by atoms with Crippen molar-refractivity contribution in [2.24, 2.45) is 5.92 Å². The molecule has 7 heteroatoms. The molecule has 3 heterocycles. The minimum absolute atomic E-state index is 0.130. The van der Waals surface area contributed by atoms with E-state index in [2.05, 4.69) is 32.6 Å². The van der Waals surface area contributed by atoms with Gasteiger partial charge in [-0.15, -0.1) is 0 Å². The zero-order valence-electron chi connectivity index (χ0n) is 18.0. The molecule has 0 radical (unpaired) electrons. The number of anilines is 2. The van der Waals surface area contributed by atoms with E-state index in [0.29, 0.717) is 18.5 Å². The minimum Gasteiger partial charge on any atom is -0.381 e. The van der Waals surface area contributed by atoms with Crippen LogP contribution in [0.2, 0.25) is 0 Å². The Morgan fingerprint density at radius 1 is 1.00 bits per heavy atom. The van der Waals surface area contributed by atoms with Gasteiger partial charge in [0.1, 0.15) is 0 Å². The lowest BCUT2D eigenvalue weighted by Crippen LogP contribution is -2.52. The van der Waals surface area contributed by atoms with E-state index in [1.54, 1.807) is 0 Å². The Morgan fingerprint density at radius 2 is 1.77 bits per heavy atom. The molecule has 3 aliphatic rings. The zero-order valence-corrected chi connectivity index (χ0v) is 18.0. The average molecular weight is 417 g/mol. The maximum atomic E-state index is 12.8. The SMILES string of the molecule is O=C(NC[C@@H]([C@H]1CCOC1)N1CCOCC1)Nc1ccccc1N1CCCCCC1. The van der Waals surface area contributed by atoms with Crippen LogP contribution in [0.15, 0.2) is 24.3 Å². The molecule has 3 aliphatic heterocycles. The number of nitrogens with zero attached hydrogens (tertiary/aromatic N) is 2. The van der Waals surface area contributed by atoms with Crippen LogP contribution in [-0.2, 0) is 9.47 Å². The van der Waals surface area contributed by atoms with Gasteiger partial charge < -0.3 is 25.0 Å². The third-order valence-electron chi connectivity index (χ3n) is 6.59. The average Bonchev–Trinajstić information content (AvgIpc) is 3.17. The molecular weight excluding hydrogens is 380 g/mol. The van der Waals surface area contributed by atoms with Crippen molar-refractivity contribution in [3.05, 3.63) is 24.3 Å². The summed E-state index contributed by atoms with van der Waals surface area (Å²) >= 11 is 0. The Balaban J connectivity index is 1.36. The second-order valence-corrected chi connectivity index (χ2v) is 8.59. The van der Waals surface area contributed by atoms with Crippen LogP contribution in [0.25, 0.3) is 0 Å². The number of urea groups is 1. The number of nitrogens with one attached hydrogen (secondary N) is 2. The quantitative estimate of drug-likeness (QED) is 0.747. The highest BCUT2D eigenvalue weighted by Gasteiger charge is 2.31. The van der Waals surface area contributed by atoms with E-state index in [1.807, 2.05) is 12.1 Å². The second-order valence-electron chi connectivity index (χ2n) is 8.59. The number of morpholine rings is 1. The van der Waals surface area contributed by atoms with Gasteiger partial charge >= 0.3 is 6.03 Å². The monoisotopic (exact) mass is 416 g/mol. The van der Waals surface area contributed by atoms with Crippen molar-refractivity contribution in [1.29, 1.82) is 0 Å². The molecule has 3 saturated heterocycles. The molecule has 7 nitrogen and oxygen atoms in total. The lowest BCUT2D eigenvalue weighted by molar-refractivity contribution is 0.00222. The number of carbonyl (C=O) groups is 1. The third kappa shape index (κ3) is 5.65. The van der Waals surface area contributed by atoms with Crippen LogP contribution < -0.4 is 15.5 Å². The predicted molar refractivity (Wildman–Crippen MR) is 119 cm³/mol. The zero-order chi connectivity index (χ0) is 20.6. The highest BCUT2D eigenvalue weighted by atomic mass is 16.5. The van der Waals surface area contributed by atoms with Gasteiger partial charge in [-0.3, -0.25) is 4.90 Å². The first-order valence-electron chi connectivity index (χ1n) is 11.6. The first-order valence-corrected chi connectivity index (χ1v) is 11.6. The van der Waals surface area contributed by atoms with Crippen molar-refractivity contribution in [1.82, 2.24) is 10.2 Å². The number of rotatable bonds is 6. The fraction of sp³-hybridized carbons (Fsp3) is 0.696. The van der Waals surface area contributed by atoms with Crippen molar-refractivity contribution in [2.45, 2.75) is 38.1 Å². The molecule has 166 valence electrons. The van der Waals surface area contributed by atoms with Crippen molar-refractivity contribution < 1.29 is 14.3 Å².